The normalized spacial score (nSPS) is 33.2. The summed E-state index contributed by atoms with van der Waals surface area (Å²) >= 11 is 0. The van der Waals surface area contributed by atoms with Gasteiger partial charge in [0.15, 0.2) is 0 Å². The molecule has 0 spiro atoms. The number of hydrogen-bond acceptors (Lipinski definition) is 3. The summed E-state index contributed by atoms with van der Waals surface area (Å²) in [5.41, 5.74) is 0.129. The highest BCUT2D eigenvalue weighted by Gasteiger charge is 2.41. The molecular weight excluding hydrogens is 236 g/mol. The van der Waals surface area contributed by atoms with Gasteiger partial charge >= 0.3 is 0 Å². The maximum Gasteiger partial charge on any atom is 0.0631 e. The molecular formula is C16H32N2O. The second kappa shape index (κ2) is 6.11. The molecule has 0 amide bonds. The molecule has 112 valence electrons. The van der Waals surface area contributed by atoms with E-state index in [-0.39, 0.29) is 11.5 Å². The molecule has 2 unspecified atom stereocenters. The van der Waals surface area contributed by atoms with Crippen molar-refractivity contribution in [2.75, 3.05) is 39.3 Å². The molecule has 0 aromatic rings. The summed E-state index contributed by atoms with van der Waals surface area (Å²) in [7, 11) is 0. The quantitative estimate of drug-likeness (QED) is 0.845. The molecule has 3 nitrogen and oxygen atoms in total. The number of rotatable bonds is 4. The van der Waals surface area contributed by atoms with Crippen LogP contribution >= 0.6 is 0 Å². The lowest BCUT2D eigenvalue weighted by atomic mass is 9.87. The first-order valence-electron chi connectivity index (χ1n) is 8.01. The van der Waals surface area contributed by atoms with Crippen LogP contribution in [0.25, 0.3) is 0 Å². The first kappa shape index (κ1) is 15.3. The Kier molecular flexibility index (Phi) is 4.91. The summed E-state index contributed by atoms with van der Waals surface area (Å²) in [6, 6.07) is 0. The number of aliphatic hydroxyl groups excluding tert-OH is 1. The van der Waals surface area contributed by atoms with E-state index in [2.05, 4.69) is 37.5 Å². The van der Waals surface area contributed by atoms with Gasteiger partial charge in [-0.15, -0.1) is 0 Å². The molecule has 1 saturated carbocycles. The molecule has 1 aliphatic heterocycles. The Hall–Kier alpha value is -0.120. The Balaban J connectivity index is 1.74. The van der Waals surface area contributed by atoms with Crippen LogP contribution < -0.4 is 0 Å². The van der Waals surface area contributed by atoms with E-state index >= 15 is 0 Å². The van der Waals surface area contributed by atoms with Crippen molar-refractivity contribution in [3.05, 3.63) is 0 Å². The SMILES string of the molecule is CC(C)CN1CCN(CC2CCC(C)(C)C2O)CC1. The standard InChI is InChI=1S/C16H32N2O/c1-13(2)11-17-7-9-18(10-8-17)12-14-5-6-16(3,4)15(14)19/h13-15,19H,5-12H2,1-4H3. The highest BCUT2D eigenvalue weighted by Crippen LogP contribution is 2.41. The van der Waals surface area contributed by atoms with Crippen LogP contribution in [0.1, 0.15) is 40.5 Å². The van der Waals surface area contributed by atoms with Crippen LogP contribution in [0.5, 0.6) is 0 Å². The van der Waals surface area contributed by atoms with Crippen LogP contribution in [0.4, 0.5) is 0 Å². The average molecular weight is 268 g/mol. The molecule has 2 fully saturated rings. The van der Waals surface area contributed by atoms with Crippen molar-refractivity contribution in [1.82, 2.24) is 9.80 Å². The molecule has 1 aliphatic carbocycles. The summed E-state index contributed by atoms with van der Waals surface area (Å²) in [6.07, 6.45) is 2.26. The molecule has 0 radical (unpaired) electrons. The van der Waals surface area contributed by atoms with Crippen molar-refractivity contribution in [3.63, 3.8) is 0 Å². The van der Waals surface area contributed by atoms with Crippen molar-refractivity contribution in [2.24, 2.45) is 17.3 Å². The molecule has 2 atom stereocenters. The average Bonchev–Trinajstić information content (AvgIpc) is 2.58. The van der Waals surface area contributed by atoms with Crippen LogP contribution in [0.15, 0.2) is 0 Å². The molecule has 3 heteroatoms. The highest BCUT2D eigenvalue weighted by atomic mass is 16.3. The zero-order valence-electron chi connectivity index (χ0n) is 13.2. The van der Waals surface area contributed by atoms with E-state index in [0.717, 1.165) is 12.5 Å². The summed E-state index contributed by atoms with van der Waals surface area (Å²) in [5, 5.41) is 10.4. The molecule has 19 heavy (non-hydrogen) atoms. The fourth-order valence-electron chi connectivity index (χ4n) is 3.69. The van der Waals surface area contributed by atoms with E-state index in [1.807, 2.05) is 0 Å². The third-order valence-corrected chi connectivity index (χ3v) is 4.99. The third kappa shape index (κ3) is 3.93. The van der Waals surface area contributed by atoms with E-state index in [0.29, 0.717) is 5.92 Å². The van der Waals surface area contributed by atoms with Crippen molar-refractivity contribution in [2.45, 2.75) is 46.6 Å². The van der Waals surface area contributed by atoms with E-state index < -0.39 is 0 Å². The van der Waals surface area contributed by atoms with Crippen LogP contribution in [0.3, 0.4) is 0 Å². The fourth-order valence-corrected chi connectivity index (χ4v) is 3.69. The van der Waals surface area contributed by atoms with Crippen LogP contribution in [0, 0.1) is 17.3 Å². The van der Waals surface area contributed by atoms with Crippen molar-refractivity contribution >= 4 is 0 Å². The molecule has 1 N–H and O–H groups in total. The van der Waals surface area contributed by atoms with E-state index in [1.54, 1.807) is 0 Å². The van der Waals surface area contributed by atoms with Gasteiger partial charge in [-0.1, -0.05) is 27.7 Å². The minimum atomic E-state index is -0.110. The van der Waals surface area contributed by atoms with Crippen molar-refractivity contribution in [3.8, 4) is 0 Å². The predicted octanol–water partition coefficient (Wildman–Crippen LogP) is 2.06. The van der Waals surface area contributed by atoms with Crippen LogP contribution in [-0.4, -0.2) is 60.3 Å². The second-order valence-corrected chi connectivity index (χ2v) is 7.73. The lowest BCUT2D eigenvalue weighted by molar-refractivity contribution is 0.0237. The topological polar surface area (TPSA) is 26.7 Å². The Morgan fingerprint density at radius 2 is 1.68 bits per heavy atom. The maximum atomic E-state index is 10.4. The zero-order chi connectivity index (χ0) is 14.0. The van der Waals surface area contributed by atoms with Gasteiger partial charge in [0.25, 0.3) is 0 Å². The van der Waals surface area contributed by atoms with E-state index in [4.69, 9.17) is 0 Å². The lowest BCUT2D eigenvalue weighted by Gasteiger charge is -2.37. The van der Waals surface area contributed by atoms with Gasteiger partial charge in [0.2, 0.25) is 0 Å². The fraction of sp³-hybridized carbons (Fsp3) is 1.00. The Morgan fingerprint density at radius 3 is 2.16 bits per heavy atom. The second-order valence-electron chi connectivity index (χ2n) is 7.73. The molecule has 1 saturated heterocycles. The Labute approximate surface area is 119 Å². The van der Waals surface area contributed by atoms with Gasteiger partial charge in [0.05, 0.1) is 6.10 Å². The summed E-state index contributed by atoms with van der Waals surface area (Å²) in [4.78, 5) is 5.14. The van der Waals surface area contributed by atoms with E-state index in [1.165, 1.54) is 45.6 Å². The monoisotopic (exact) mass is 268 g/mol. The molecule has 2 aliphatic rings. The number of aliphatic hydroxyl groups is 1. The zero-order valence-corrected chi connectivity index (χ0v) is 13.2. The maximum absolute atomic E-state index is 10.4. The minimum absolute atomic E-state index is 0.110. The van der Waals surface area contributed by atoms with Gasteiger partial charge in [-0.25, -0.2) is 0 Å². The number of piperazine rings is 1. The van der Waals surface area contributed by atoms with Gasteiger partial charge in [0, 0.05) is 39.3 Å². The number of hydrogen-bond donors (Lipinski definition) is 1. The highest BCUT2D eigenvalue weighted by molar-refractivity contribution is 4.92. The van der Waals surface area contributed by atoms with Gasteiger partial charge in [-0.05, 0) is 30.1 Å². The van der Waals surface area contributed by atoms with Crippen molar-refractivity contribution in [1.29, 1.82) is 0 Å². The molecule has 0 aromatic carbocycles. The largest absolute Gasteiger partial charge is 0.392 e. The first-order valence-corrected chi connectivity index (χ1v) is 8.01. The van der Waals surface area contributed by atoms with Gasteiger partial charge in [-0.2, -0.15) is 0 Å². The molecule has 0 bridgehead atoms. The third-order valence-electron chi connectivity index (χ3n) is 4.99. The van der Waals surface area contributed by atoms with Crippen LogP contribution in [0.2, 0.25) is 0 Å². The Morgan fingerprint density at radius 1 is 1.11 bits per heavy atom. The molecule has 2 rings (SSSR count). The van der Waals surface area contributed by atoms with Gasteiger partial charge in [0.1, 0.15) is 0 Å². The van der Waals surface area contributed by atoms with Gasteiger partial charge in [-0.3, -0.25) is 0 Å². The van der Waals surface area contributed by atoms with Crippen molar-refractivity contribution < 1.29 is 5.11 Å². The van der Waals surface area contributed by atoms with Gasteiger partial charge < -0.3 is 14.9 Å². The smallest absolute Gasteiger partial charge is 0.0631 e. The van der Waals surface area contributed by atoms with Crippen LogP contribution in [-0.2, 0) is 0 Å². The predicted molar refractivity (Wildman–Crippen MR) is 80.2 cm³/mol. The lowest BCUT2D eigenvalue weighted by Crippen LogP contribution is -2.49. The summed E-state index contributed by atoms with van der Waals surface area (Å²) in [5.74, 6) is 1.26. The molecule has 0 aromatic heterocycles. The molecule has 1 heterocycles. The summed E-state index contributed by atoms with van der Waals surface area (Å²) in [6.45, 7) is 16.1. The Bertz CT molecular complexity index is 282. The van der Waals surface area contributed by atoms with E-state index in [9.17, 15) is 5.11 Å². The minimum Gasteiger partial charge on any atom is -0.392 e. The first-order chi connectivity index (χ1) is 8.88. The summed E-state index contributed by atoms with van der Waals surface area (Å²) < 4.78 is 0. The number of nitrogens with zero attached hydrogens (tertiary/aromatic N) is 2.